The average molecular weight is 179 g/mol. The number of nitrogens with zero attached hydrogens (tertiary/aromatic N) is 1. The van der Waals surface area contributed by atoms with Gasteiger partial charge in [-0.05, 0) is 18.1 Å². The molecule has 1 atom stereocenters. The first-order valence-electron chi connectivity index (χ1n) is 4.01. The van der Waals surface area contributed by atoms with E-state index in [1.807, 2.05) is 6.07 Å². The summed E-state index contributed by atoms with van der Waals surface area (Å²) < 4.78 is 13.0. The molecule has 0 radical (unpaired) electrons. The largest absolute Gasteiger partial charge is 0.395 e. The maximum absolute atomic E-state index is 13.0. The lowest BCUT2D eigenvalue weighted by Gasteiger charge is -2.05. The Labute approximate surface area is 76.2 Å². The van der Waals surface area contributed by atoms with Gasteiger partial charge in [-0.15, -0.1) is 0 Å². The first-order chi connectivity index (χ1) is 6.27. The van der Waals surface area contributed by atoms with Crippen LogP contribution in [0.3, 0.4) is 0 Å². The number of halogens is 1. The van der Waals surface area contributed by atoms with E-state index in [1.165, 1.54) is 6.07 Å². The number of hydrogen-bond acceptors (Lipinski definition) is 2. The fraction of sp³-hybridized carbons (Fsp3) is 0.300. The second-order valence-electron chi connectivity index (χ2n) is 2.80. The van der Waals surface area contributed by atoms with E-state index in [1.54, 1.807) is 18.2 Å². The summed E-state index contributed by atoms with van der Waals surface area (Å²) in [6, 6.07) is 8.19. The van der Waals surface area contributed by atoms with E-state index in [0.717, 1.165) is 0 Å². The lowest BCUT2D eigenvalue weighted by molar-refractivity contribution is 0.255. The van der Waals surface area contributed by atoms with Gasteiger partial charge in [-0.25, -0.2) is 4.39 Å². The summed E-state index contributed by atoms with van der Waals surface area (Å²) in [5.74, 6) is -0.840. The number of aliphatic hydroxyl groups excluding tert-OH is 1. The molecular weight excluding hydrogens is 169 g/mol. The average Bonchev–Trinajstić information content (AvgIpc) is 2.17. The molecule has 0 spiro atoms. The summed E-state index contributed by atoms with van der Waals surface area (Å²) in [4.78, 5) is 0. The molecule has 0 saturated heterocycles. The van der Waals surface area contributed by atoms with Crippen LogP contribution in [0.4, 0.5) is 4.39 Å². The van der Waals surface area contributed by atoms with Crippen molar-refractivity contribution in [2.24, 2.45) is 5.92 Å². The zero-order valence-corrected chi connectivity index (χ0v) is 7.07. The summed E-state index contributed by atoms with van der Waals surface area (Å²) in [6.07, 6.45) is 0.264. The van der Waals surface area contributed by atoms with Gasteiger partial charge in [0.15, 0.2) is 0 Å². The molecule has 3 heteroatoms. The highest BCUT2D eigenvalue weighted by Gasteiger charge is 2.09. The lowest BCUT2D eigenvalue weighted by Crippen LogP contribution is -2.07. The fourth-order valence-electron chi connectivity index (χ4n) is 1.08. The molecule has 0 amide bonds. The Hall–Kier alpha value is -1.40. The van der Waals surface area contributed by atoms with Crippen LogP contribution < -0.4 is 0 Å². The van der Waals surface area contributed by atoms with Crippen LogP contribution in [-0.2, 0) is 6.42 Å². The predicted molar refractivity (Wildman–Crippen MR) is 46.3 cm³/mol. The molecule has 1 rings (SSSR count). The van der Waals surface area contributed by atoms with E-state index in [2.05, 4.69) is 0 Å². The van der Waals surface area contributed by atoms with Crippen LogP contribution in [0.2, 0.25) is 0 Å². The maximum Gasteiger partial charge on any atom is 0.126 e. The van der Waals surface area contributed by atoms with Gasteiger partial charge in [-0.2, -0.15) is 5.26 Å². The smallest absolute Gasteiger partial charge is 0.126 e. The molecule has 0 bridgehead atoms. The molecule has 0 aromatic heterocycles. The molecule has 2 nitrogen and oxygen atoms in total. The number of benzene rings is 1. The highest BCUT2D eigenvalue weighted by atomic mass is 19.1. The van der Waals surface area contributed by atoms with Gasteiger partial charge >= 0.3 is 0 Å². The SMILES string of the molecule is N#C[C@@H](CO)Cc1ccccc1F. The van der Waals surface area contributed by atoms with Gasteiger partial charge in [0.2, 0.25) is 0 Å². The Morgan fingerprint density at radius 2 is 2.15 bits per heavy atom. The normalized spacial score (nSPS) is 12.1. The van der Waals surface area contributed by atoms with Crippen LogP contribution >= 0.6 is 0 Å². The maximum atomic E-state index is 13.0. The summed E-state index contributed by atoms with van der Waals surface area (Å²) in [7, 11) is 0. The van der Waals surface area contributed by atoms with Gasteiger partial charge in [0.1, 0.15) is 5.82 Å². The van der Waals surface area contributed by atoms with Crippen molar-refractivity contribution in [1.29, 1.82) is 5.26 Å². The van der Waals surface area contributed by atoms with Gasteiger partial charge < -0.3 is 5.11 Å². The van der Waals surface area contributed by atoms with Crippen molar-refractivity contribution in [3.05, 3.63) is 35.6 Å². The molecule has 0 heterocycles. The van der Waals surface area contributed by atoms with Crippen molar-refractivity contribution >= 4 is 0 Å². The molecule has 68 valence electrons. The molecule has 1 aromatic carbocycles. The van der Waals surface area contributed by atoms with E-state index in [9.17, 15) is 4.39 Å². The zero-order chi connectivity index (χ0) is 9.68. The van der Waals surface area contributed by atoms with Gasteiger partial charge in [0, 0.05) is 0 Å². The Balaban J connectivity index is 2.74. The molecular formula is C10H10FNO. The topological polar surface area (TPSA) is 44.0 Å². The highest BCUT2D eigenvalue weighted by molar-refractivity contribution is 5.18. The monoisotopic (exact) mass is 179 g/mol. The number of nitriles is 1. The fourth-order valence-corrected chi connectivity index (χ4v) is 1.08. The Morgan fingerprint density at radius 1 is 1.46 bits per heavy atom. The Kier molecular flexibility index (Phi) is 3.41. The second-order valence-corrected chi connectivity index (χ2v) is 2.80. The van der Waals surface area contributed by atoms with Crippen molar-refractivity contribution in [2.75, 3.05) is 6.61 Å². The molecule has 1 N–H and O–H groups in total. The van der Waals surface area contributed by atoms with Gasteiger partial charge in [-0.3, -0.25) is 0 Å². The molecule has 0 unspecified atom stereocenters. The molecule has 0 fully saturated rings. The van der Waals surface area contributed by atoms with Crippen LogP contribution in [0.5, 0.6) is 0 Å². The van der Waals surface area contributed by atoms with E-state index in [-0.39, 0.29) is 18.8 Å². The summed E-state index contributed by atoms with van der Waals surface area (Å²) >= 11 is 0. The van der Waals surface area contributed by atoms with Crippen molar-refractivity contribution in [3.63, 3.8) is 0 Å². The van der Waals surface area contributed by atoms with Crippen LogP contribution in [0, 0.1) is 23.1 Å². The van der Waals surface area contributed by atoms with Crippen LogP contribution in [-0.4, -0.2) is 11.7 Å². The number of aliphatic hydroxyl groups is 1. The third-order valence-electron chi connectivity index (χ3n) is 1.83. The highest BCUT2D eigenvalue weighted by Crippen LogP contribution is 2.11. The minimum atomic E-state index is -0.517. The van der Waals surface area contributed by atoms with Gasteiger partial charge in [0.25, 0.3) is 0 Å². The van der Waals surface area contributed by atoms with Crippen LogP contribution in [0.25, 0.3) is 0 Å². The number of rotatable bonds is 3. The zero-order valence-electron chi connectivity index (χ0n) is 7.07. The van der Waals surface area contributed by atoms with Crippen molar-refractivity contribution in [3.8, 4) is 6.07 Å². The standard InChI is InChI=1S/C10H10FNO/c11-10-4-2-1-3-9(10)5-8(6-12)7-13/h1-4,8,13H,5,7H2/t8-/m0/s1. The van der Waals surface area contributed by atoms with Crippen molar-refractivity contribution < 1.29 is 9.50 Å². The van der Waals surface area contributed by atoms with Crippen LogP contribution in [0.15, 0.2) is 24.3 Å². The van der Waals surface area contributed by atoms with Gasteiger partial charge in [-0.1, -0.05) is 18.2 Å². The quantitative estimate of drug-likeness (QED) is 0.764. The first kappa shape index (κ1) is 9.69. The lowest BCUT2D eigenvalue weighted by atomic mass is 10.0. The first-order valence-corrected chi connectivity index (χ1v) is 4.01. The predicted octanol–water partition coefficient (Wildman–Crippen LogP) is 1.50. The second kappa shape index (κ2) is 4.58. The van der Waals surface area contributed by atoms with E-state index >= 15 is 0 Å². The van der Waals surface area contributed by atoms with Crippen molar-refractivity contribution in [1.82, 2.24) is 0 Å². The Morgan fingerprint density at radius 3 is 2.69 bits per heavy atom. The van der Waals surface area contributed by atoms with Crippen LogP contribution in [0.1, 0.15) is 5.56 Å². The number of hydrogen-bond donors (Lipinski definition) is 1. The minimum Gasteiger partial charge on any atom is -0.395 e. The minimum absolute atomic E-state index is 0.231. The van der Waals surface area contributed by atoms with E-state index in [0.29, 0.717) is 5.56 Å². The Bertz CT molecular complexity index is 319. The molecule has 0 aliphatic heterocycles. The molecule has 0 aliphatic carbocycles. The molecule has 0 saturated carbocycles. The molecule has 13 heavy (non-hydrogen) atoms. The third kappa shape index (κ3) is 2.53. The van der Waals surface area contributed by atoms with Gasteiger partial charge in [0.05, 0.1) is 18.6 Å². The van der Waals surface area contributed by atoms with Crippen molar-refractivity contribution in [2.45, 2.75) is 6.42 Å². The summed E-state index contributed by atoms with van der Waals surface area (Å²) in [5.41, 5.74) is 0.475. The van der Waals surface area contributed by atoms with E-state index < -0.39 is 5.92 Å². The van der Waals surface area contributed by atoms with E-state index in [4.69, 9.17) is 10.4 Å². The summed E-state index contributed by atoms with van der Waals surface area (Å²) in [6.45, 7) is -0.231. The molecule has 1 aromatic rings. The summed E-state index contributed by atoms with van der Waals surface area (Å²) in [5, 5.41) is 17.3. The third-order valence-corrected chi connectivity index (χ3v) is 1.83. The molecule has 0 aliphatic rings.